The molecule has 1 aliphatic rings. The maximum Gasteiger partial charge on any atom is 0.250 e. The molecule has 4 heteroatoms. The average molecular weight is 306 g/mol. The number of fused-ring (bicyclic) bond motifs is 1. The minimum Gasteiger partial charge on any atom is -0.368 e. The van der Waals surface area contributed by atoms with Gasteiger partial charge in [-0.1, -0.05) is 36.4 Å². The third-order valence-electron chi connectivity index (χ3n) is 3.98. The normalized spacial score (nSPS) is 13.3. The average Bonchev–Trinajstić information content (AvgIpc) is 2.98. The highest BCUT2D eigenvalue weighted by molar-refractivity contribution is 5.91. The van der Waals surface area contributed by atoms with E-state index < -0.39 is 0 Å². The molecule has 0 heterocycles. The Kier molecular flexibility index (Phi) is 4.70. The van der Waals surface area contributed by atoms with Crippen LogP contribution < -0.4 is 5.32 Å². The van der Waals surface area contributed by atoms with Gasteiger partial charge in [-0.3, -0.25) is 4.79 Å². The number of rotatable bonds is 5. The summed E-state index contributed by atoms with van der Waals surface area (Å²) in [5.74, 6) is -0.158. The number of amides is 1. The largest absolute Gasteiger partial charge is 0.368 e. The van der Waals surface area contributed by atoms with Gasteiger partial charge >= 0.3 is 0 Å². The van der Waals surface area contributed by atoms with Gasteiger partial charge in [-0.2, -0.15) is 5.26 Å². The van der Waals surface area contributed by atoms with Gasteiger partial charge in [-0.25, -0.2) is 0 Å². The topological polar surface area (TPSA) is 62.1 Å². The van der Waals surface area contributed by atoms with Crippen molar-refractivity contribution in [2.24, 2.45) is 0 Å². The molecule has 0 spiro atoms. The van der Waals surface area contributed by atoms with Gasteiger partial charge in [0.15, 0.2) is 0 Å². The van der Waals surface area contributed by atoms with E-state index in [0.717, 1.165) is 24.1 Å². The van der Waals surface area contributed by atoms with E-state index in [-0.39, 0.29) is 18.6 Å². The Hall–Kier alpha value is -2.64. The van der Waals surface area contributed by atoms with Crippen LogP contribution in [0.5, 0.6) is 0 Å². The Labute approximate surface area is 135 Å². The second-order valence-corrected chi connectivity index (χ2v) is 5.69. The van der Waals surface area contributed by atoms with Crippen LogP contribution in [0.4, 0.5) is 5.69 Å². The monoisotopic (exact) mass is 306 g/mol. The summed E-state index contributed by atoms with van der Waals surface area (Å²) < 4.78 is 5.73. The van der Waals surface area contributed by atoms with Gasteiger partial charge in [0.05, 0.1) is 18.6 Å². The lowest BCUT2D eigenvalue weighted by Crippen LogP contribution is -2.23. The minimum atomic E-state index is -0.158. The fourth-order valence-electron chi connectivity index (χ4n) is 2.82. The van der Waals surface area contributed by atoms with Gasteiger partial charge in [0, 0.05) is 5.69 Å². The Morgan fingerprint density at radius 2 is 1.78 bits per heavy atom. The fourth-order valence-corrected chi connectivity index (χ4v) is 2.82. The Balaban J connectivity index is 1.46. The lowest BCUT2D eigenvalue weighted by molar-refractivity contribution is -0.122. The van der Waals surface area contributed by atoms with E-state index in [1.807, 2.05) is 24.3 Å². The number of nitrogens with one attached hydrogen (secondary N) is 1. The molecule has 0 aliphatic heterocycles. The van der Waals surface area contributed by atoms with Crippen molar-refractivity contribution in [2.45, 2.75) is 25.4 Å². The van der Waals surface area contributed by atoms with Crippen molar-refractivity contribution in [1.82, 2.24) is 0 Å². The highest BCUT2D eigenvalue weighted by Gasteiger charge is 2.22. The zero-order chi connectivity index (χ0) is 16.1. The Morgan fingerprint density at radius 1 is 1.13 bits per heavy atom. The molecule has 0 saturated carbocycles. The molecule has 0 atom stereocenters. The SMILES string of the molecule is N#CCc1ccc(NC(=O)COC2Cc3ccccc3C2)cc1. The van der Waals surface area contributed by atoms with Crippen LogP contribution in [0.3, 0.4) is 0 Å². The van der Waals surface area contributed by atoms with E-state index >= 15 is 0 Å². The summed E-state index contributed by atoms with van der Waals surface area (Å²) in [7, 11) is 0. The van der Waals surface area contributed by atoms with Crippen molar-refractivity contribution in [3.05, 3.63) is 65.2 Å². The van der Waals surface area contributed by atoms with Crippen LogP contribution >= 0.6 is 0 Å². The van der Waals surface area contributed by atoms with Gasteiger partial charge in [-0.05, 0) is 41.7 Å². The van der Waals surface area contributed by atoms with Crippen LogP contribution in [0, 0.1) is 11.3 Å². The van der Waals surface area contributed by atoms with Gasteiger partial charge in [0.2, 0.25) is 5.91 Å². The molecule has 0 radical (unpaired) electrons. The van der Waals surface area contributed by atoms with Crippen molar-refractivity contribution < 1.29 is 9.53 Å². The number of benzene rings is 2. The van der Waals surface area contributed by atoms with E-state index in [2.05, 4.69) is 23.5 Å². The molecule has 0 aromatic heterocycles. The van der Waals surface area contributed by atoms with E-state index in [0.29, 0.717) is 6.42 Å². The highest BCUT2D eigenvalue weighted by atomic mass is 16.5. The first-order valence-corrected chi connectivity index (χ1v) is 7.69. The number of anilines is 1. The van der Waals surface area contributed by atoms with Crippen LogP contribution in [0.15, 0.2) is 48.5 Å². The van der Waals surface area contributed by atoms with Crippen molar-refractivity contribution >= 4 is 11.6 Å². The van der Waals surface area contributed by atoms with Crippen LogP contribution in [0.25, 0.3) is 0 Å². The third kappa shape index (κ3) is 3.97. The van der Waals surface area contributed by atoms with Crippen LogP contribution in [-0.4, -0.2) is 18.6 Å². The van der Waals surface area contributed by atoms with Crippen LogP contribution in [0.1, 0.15) is 16.7 Å². The van der Waals surface area contributed by atoms with Gasteiger partial charge in [0.25, 0.3) is 0 Å². The first-order chi connectivity index (χ1) is 11.2. The zero-order valence-corrected chi connectivity index (χ0v) is 12.8. The third-order valence-corrected chi connectivity index (χ3v) is 3.98. The van der Waals surface area contributed by atoms with Crippen molar-refractivity contribution in [1.29, 1.82) is 5.26 Å². The summed E-state index contributed by atoms with van der Waals surface area (Å²) in [6, 6.07) is 17.7. The number of nitriles is 1. The summed E-state index contributed by atoms with van der Waals surface area (Å²) in [4.78, 5) is 12.0. The molecular formula is C19H18N2O2. The zero-order valence-electron chi connectivity index (χ0n) is 12.8. The predicted octanol–water partition coefficient (Wildman–Crippen LogP) is 2.88. The minimum absolute atomic E-state index is 0.0542. The molecule has 0 unspecified atom stereocenters. The van der Waals surface area contributed by atoms with E-state index in [9.17, 15) is 4.79 Å². The molecule has 1 aliphatic carbocycles. The van der Waals surface area contributed by atoms with E-state index in [4.69, 9.17) is 10.00 Å². The molecule has 2 aromatic carbocycles. The first-order valence-electron chi connectivity index (χ1n) is 7.69. The van der Waals surface area contributed by atoms with Crippen molar-refractivity contribution in [3.63, 3.8) is 0 Å². The second-order valence-electron chi connectivity index (χ2n) is 5.69. The first kappa shape index (κ1) is 15.3. The van der Waals surface area contributed by atoms with Crippen molar-refractivity contribution in [3.8, 4) is 6.07 Å². The van der Waals surface area contributed by atoms with Gasteiger partial charge < -0.3 is 10.1 Å². The summed E-state index contributed by atoms with van der Waals surface area (Å²) in [5, 5.41) is 11.4. The number of carbonyl (C=O) groups is 1. The Morgan fingerprint density at radius 3 is 2.39 bits per heavy atom. The molecule has 4 nitrogen and oxygen atoms in total. The summed E-state index contributed by atoms with van der Waals surface area (Å²) in [6.07, 6.45) is 2.19. The number of nitrogens with zero attached hydrogens (tertiary/aromatic N) is 1. The number of ether oxygens (including phenoxy) is 1. The van der Waals surface area contributed by atoms with Crippen LogP contribution in [0.2, 0.25) is 0 Å². The lowest BCUT2D eigenvalue weighted by atomic mass is 10.1. The van der Waals surface area contributed by atoms with Crippen LogP contribution in [-0.2, 0) is 28.8 Å². The molecule has 116 valence electrons. The molecular weight excluding hydrogens is 288 g/mol. The maximum absolute atomic E-state index is 12.0. The molecule has 1 N–H and O–H groups in total. The quantitative estimate of drug-likeness (QED) is 0.924. The number of hydrogen-bond acceptors (Lipinski definition) is 3. The van der Waals surface area contributed by atoms with Crippen molar-refractivity contribution in [2.75, 3.05) is 11.9 Å². The fraction of sp³-hybridized carbons (Fsp3) is 0.263. The summed E-state index contributed by atoms with van der Waals surface area (Å²) in [5.41, 5.74) is 4.28. The number of carbonyl (C=O) groups excluding carboxylic acids is 1. The summed E-state index contributed by atoms with van der Waals surface area (Å²) in [6.45, 7) is 0.0542. The highest BCUT2D eigenvalue weighted by Crippen LogP contribution is 2.23. The predicted molar refractivity (Wildman–Crippen MR) is 88.0 cm³/mol. The number of hydrogen-bond donors (Lipinski definition) is 1. The van der Waals surface area contributed by atoms with E-state index in [1.165, 1.54) is 11.1 Å². The second kappa shape index (κ2) is 7.08. The van der Waals surface area contributed by atoms with Gasteiger partial charge in [0.1, 0.15) is 6.61 Å². The van der Waals surface area contributed by atoms with Gasteiger partial charge in [-0.15, -0.1) is 0 Å². The standard InChI is InChI=1S/C19H18N2O2/c20-10-9-14-5-7-17(8-6-14)21-19(22)13-23-18-11-15-3-1-2-4-16(15)12-18/h1-8,18H,9,11-13H2,(H,21,22). The molecule has 3 rings (SSSR count). The smallest absolute Gasteiger partial charge is 0.250 e. The van der Waals surface area contributed by atoms with E-state index in [1.54, 1.807) is 12.1 Å². The summed E-state index contributed by atoms with van der Waals surface area (Å²) >= 11 is 0. The molecule has 0 saturated heterocycles. The molecule has 0 fully saturated rings. The molecule has 1 amide bonds. The Bertz CT molecular complexity index is 707. The lowest BCUT2D eigenvalue weighted by Gasteiger charge is -2.11. The maximum atomic E-state index is 12.0. The molecule has 23 heavy (non-hydrogen) atoms. The molecule has 0 bridgehead atoms. The molecule has 2 aromatic rings.